The molecule has 0 bridgehead atoms. The van der Waals surface area contributed by atoms with E-state index in [0.29, 0.717) is 13.0 Å². The van der Waals surface area contributed by atoms with E-state index in [0.717, 1.165) is 12.3 Å². The molecule has 0 aliphatic heterocycles. The fourth-order valence-corrected chi connectivity index (χ4v) is 4.69. The Bertz CT molecular complexity index is 1300. The molecule has 10 nitrogen and oxygen atoms in total. The van der Waals surface area contributed by atoms with Gasteiger partial charge in [-0.3, -0.25) is 0 Å². The second-order valence-electron chi connectivity index (χ2n) is 6.86. The minimum Gasteiger partial charge on any atom is -0.478 e. The number of carbonyl (C=O) groups is 1. The van der Waals surface area contributed by atoms with Crippen LogP contribution in [0.15, 0.2) is 71.0 Å². The highest BCUT2D eigenvalue weighted by atomic mass is 32.2. The molecule has 0 amide bonds. The maximum Gasteiger partial charge on any atom is 0.335 e. The zero-order chi connectivity index (χ0) is 23.4. The summed E-state index contributed by atoms with van der Waals surface area (Å²) >= 11 is 0. The average molecular weight is 480 g/mol. The minimum absolute atomic E-state index is 0.0250. The van der Waals surface area contributed by atoms with Crippen LogP contribution in [0.3, 0.4) is 0 Å². The van der Waals surface area contributed by atoms with Gasteiger partial charge < -0.3 is 14.4 Å². The first-order valence-corrected chi connectivity index (χ1v) is 12.7. The number of hydrogen-bond donors (Lipinski definition) is 2. The van der Waals surface area contributed by atoms with E-state index in [4.69, 9.17) is 9.84 Å². The number of ether oxygens (including phenoxy) is 1. The van der Waals surface area contributed by atoms with Gasteiger partial charge >= 0.3 is 5.97 Å². The second kappa shape index (κ2) is 9.51. The van der Waals surface area contributed by atoms with Gasteiger partial charge in [-0.25, -0.2) is 31.3 Å². The number of rotatable bonds is 10. The summed E-state index contributed by atoms with van der Waals surface area (Å²) in [6, 6.07) is 8.91. The summed E-state index contributed by atoms with van der Waals surface area (Å²) in [5, 5.41) is 9.09. The van der Waals surface area contributed by atoms with Crippen LogP contribution in [-0.2, 0) is 26.4 Å². The van der Waals surface area contributed by atoms with Crippen LogP contribution >= 0.6 is 0 Å². The van der Waals surface area contributed by atoms with Gasteiger partial charge in [0.25, 0.3) is 0 Å². The molecule has 0 aliphatic rings. The lowest BCUT2D eigenvalue weighted by molar-refractivity contribution is 0.0696. The maximum atomic E-state index is 12.4. The van der Waals surface area contributed by atoms with Crippen molar-refractivity contribution in [2.45, 2.75) is 22.8 Å². The molecule has 0 saturated carbocycles. The number of sulfonamides is 1. The first-order valence-electron chi connectivity index (χ1n) is 9.37. The lowest BCUT2D eigenvalue weighted by Gasteiger charge is -2.12. The molecule has 170 valence electrons. The monoisotopic (exact) mass is 479 g/mol. The molecule has 2 N–H and O–H groups in total. The Balaban J connectivity index is 1.69. The van der Waals surface area contributed by atoms with E-state index >= 15 is 0 Å². The van der Waals surface area contributed by atoms with Crippen LogP contribution in [0, 0.1) is 0 Å². The topological polar surface area (TPSA) is 145 Å². The van der Waals surface area contributed by atoms with Crippen LogP contribution in [0.1, 0.15) is 16.8 Å². The summed E-state index contributed by atoms with van der Waals surface area (Å²) in [7, 11) is -7.50. The first-order chi connectivity index (χ1) is 15.1. The molecule has 0 unspecified atom stereocenters. The Kier molecular flexibility index (Phi) is 6.96. The van der Waals surface area contributed by atoms with E-state index in [-0.39, 0.29) is 33.4 Å². The van der Waals surface area contributed by atoms with Gasteiger partial charge in [0.05, 0.1) is 16.8 Å². The molecule has 32 heavy (non-hydrogen) atoms. The molecule has 3 rings (SSSR count). The zero-order valence-corrected chi connectivity index (χ0v) is 18.6. The average Bonchev–Trinajstić information content (AvgIpc) is 3.24. The van der Waals surface area contributed by atoms with Crippen LogP contribution in [-0.4, -0.2) is 50.3 Å². The van der Waals surface area contributed by atoms with Crippen molar-refractivity contribution >= 4 is 25.8 Å². The third-order valence-corrected chi connectivity index (χ3v) is 6.99. The van der Waals surface area contributed by atoms with Gasteiger partial charge in [-0.15, -0.1) is 0 Å². The van der Waals surface area contributed by atoms with Crippen LogP contribution < -0.4 is 9.46 Å². The molecule has 12 heteroatoms. The molecule has 0 saturated heterocycles. The highest BCUT2D eigenvalue weighted by Crippen LogP contribution is 2.30. The van der Waals surface area contributed by atoms with E-state index in [1.807, 2.05) is 4.57 Å². The van der Waals surface area contributed by atoms with Crippen molar-refractivity contribution in [3.05, 3.63) is 66.7 Å². The van der Waals surface area contributed by atoms with Gasteiger partial charge in [0.2, 0.25) is 10.0 Å². The summed E-state index contributed by atoms with van der Waals surface area (Å²) in [6.45, 7) is 0.866. The molecule has 2 aromatic carbocycles. The lowest BCUT2D eigenvalue weighted by atomic mass is 10.2. The van der Waals surface area contributed by atoms with Crippen molar-refractivity contribution in [3.63, 3.8) is 0 Å². The van der Waals surface area contributed by atoms with Crippen molar-refractivity contribution < 1.29 is 31.5 Å². The molecule has 0 radical (unpaired) electrons. The number of nitrogens with zero attached hydrogens (tertiary/aromatic N) is 2. The van der Waals surface area contributed by atoms with Crippen LogP contribution in [0.5, 0.6) is 11.5 Å². The quantitative estimate of drug-likeness (QED) is 0.421. The number of aromatic nitrogens is 2. The molecule has 1 aromatic heterocycles. The Morgan fingerprint density at radius 3 is 2.44 bits per heavy atom. The molecule has 0 aliphatic carbocycles. The number of imidazole rings is 1. The van der Waals surface area contributed by atoms with Crippen LogP contribution in [0.2, 0.25) is 0 Å². The minimum atomic E-state index is -3.77. The van der Waals surface area contributed by atoms with E-state index in [1.165, 1.54) is 36.4 Å². The van der Waals surface area contributed by atoms with E-state index < -0.39 is 25.8 Å². The highest BCUT2D eigenvalue weighted by molar-refractivity contribution is 7.90. The Hall–Kier alpha value is -3.22. The third kappa shape index (κ3) is 5.93. The Morgan fingerprint density at radius 1 is 1.12 bits per heavy atom. The summed E-state index contributed by atoms with van der Waals surface area (Å²) < 4.78 is 58.9. The fraction of sp³-hybridized carbons (Fsp3) is 0.200. The molecular weight excluding hydrogens is 458 g/mol. The lowest BCUT2D eigenvalue weighted by Crippen LogP contribution is -2.25. The second-order valence-corrected chi connectivity index (χ2v) is 10.6. The van der Waals surface area contributed by atoms with Crippen molar-refractivity contribution in [1.82, 2.24) is 14.3 Å². The van der Waals surface area contributed by atoms with Crippen molar-refractivity contribution in [2.75, 3.05) is 12.8 Å². The molecule has 0 atom stereocenters. The SMILES string of the molecule is CS(=O)(=O)c1cc(C(=O)O)ccc1Oc1ccc(S(=O)(=O)NCCCn2ccnc2)cc1. The molecule has 0 fully saturated rings. The number of aromatic carboxylic acids is 1. The fourth-order valence-electron chi connectivity index (χ4n) is 2.80. The van der Waals surface area contributed by atoms with E-state index in [2.05, 4.69) is 9.71 Å². The zero-order valence-electron chi connectivity index (χ0n) is 17.0. The normalized spacial score (nSPS) is 11.9. The summed E-state index contributed by atoms with van der Waals surface area (Å²) in [4.78, 5) is 14.8. The first kappa shape index (κ1) is 23.4. The molecular formula is C20H21N3O7S2. The van der Waals surface area contributed by atoms with Crippen LogP contribution in [0.4, 0.5) is 0 Å². The van der Waals surface area contributed by atoms with E-state index in [9.17, 15) is 21.6 Å². The van der Waals surface area contributed by atoms with Gasteiger partial charge in [-0.1, -0.05) is 0 Å². The molecule has 0 spiro atoms. The van der Waals surface area contributed by atoms with Gasteiger partial charge in [0, 0.05) is 31.7 Å². The summed E-state index contributed by atoms with van der Waals surface area (Å²) in [6.07, 6.45) is 6.61. The van der Waals surface area contributed by atoms with Crippen molar-refractivity contribution in [1.29, 1.82) is 0 Å². The predicted molar refractivity (Wildman–Crippen MR) is 115 cm³/mol. The van der Waals surface area contributed by atoms with Gasteiger partial charge in [0.1, 0.15) is 16.4 Å². The van der Waals surface area contributed by atoms with Gasteiger partial charge in [0.15, 0.2) is 9.84 Å². The summed E-state index contributed by atoms with van der Waals surface area (Å²) in [5.41, 5.74) is -0.196. The largest absolute Gasteiger partial charge is 0.478 e. The number of benzene rings is 2. The van der Waals surface area contributed by atoms with Crippen molar-refractivity contribution in [2.24, 2.45) is 0 Å². The number of nitrogens with one attached hydrogen (secondary N) is 1. The Labute approximate surface area is 185 Å². The number of carboxylic acids is 1. The third-order valence-electron chi connectivity index (χ3n) is 4.40. The number of carboxylic acid groups (broad SMARTS) is 1. The number of aryl methyl sites for hydroxylation is 1. The van der Waals surface area contributed by atoms with Crippen LogP contribution in [0.25, 0.3) is 0 Å². The maximum absolute atomic E-state index is 12.4. The molecule has 1 heterocycles. The number of sulfone groups is 1. The Morgan fingerprint density at radius 2 is 1.84 bits per heavy atom. The highest BCUT2D eigenvalue weighted by Gasteiger charge is 2.19. The predicted octanol–water partition coefficient (Wildman–Crippen LogP) is 2.15. The number of hydrogen-bond acceptors (Lipinski definition) is 7. The van der Waals surface area contributed by atoms with Gasteiger partial charge in [-0.2, -0.15) is 0 Å². The summed E-state index contributed by atoms with van der Waals surface area (Å²) in [5.74, 6) is -1.14. The van der Waals surface area contributed by atoms with E-state index in [1.54, 1.807) is 18.7 Å². The standard InChI is InChI=1S/C20H21N3O7S2/c1-31(26,27)19-13-15(20(24)25)3-8-18(19)30-16-4-6-17(7-5-16)32(28,29)22-9-2-11-23-12-10-21-14-23/h3-8,10,12-14,22H,2,9,11H2,1H3,(H,24,25). The smallest absolute Gasteiger partial charge is 0.335 e. The molecule has 3 aromatic rings. The van der Waals surface area contributed by atoms with Gasteiger partial charge in [-0.05, 0) is 48.9 Å². The van der Waals surface area contributed by atoms with Crippen molar-refractivity contribution in [3.8, 4) is 11.5 Å².